The summed E-state index contributed by atoms with van der Waals surface area (Å²) >= 11 is 0. The minimum absolute atomic E-state index is 0.0941. The Morgan fingerprint density at radius 2 is 1.77 bits per heavy atom. The molecule has 0 saturated carbocycles. The maximum Gasteiger partial charge on any atom is 0.336 e. The monoisotopic (exact) mass is 474 g/mol. The highest BCUT2D eigenvalue weighted by atomic mass is 19.1. The largest absolute Gasteiger partial charge is 0.449 e. The lowest BCUT2D eigenvalue weighted by molar-refractivity contribution is -0.384. The lowest BCUT2D eigenvalue weighted by atomic mass is 10.2. The van der Waals surface area contributed by atoms with Crippen LogP contribution in [0.4, 0.5) is 15.8 Å². The number of non-ortho nitro benzene ring substituents is 1. The smallest absolute Gasteiger partial charge is 0.336 e. The zero-order valence-electron chi connectivity index (χ0n) is 17.8. The third kappa shape index (κ3) is 3.84. The van der Waals surface area contributed by atoms with Gasteiger partial charge < -0.3 is 9.73 Å². The molecule has 0 unspecified atom stereocenters. The van der Waals surface area contributed by atoms with E-state index in [9.17, 15) is 28.9 Å². The van der Waals surface area contributed by atoms with Crippen LogP contribution in [-0.2, 0) is 11.3 Å². The number of furan rings is 1. The number of aromatic nitrogens is 2. The third-order valence-electron chi connectivity index (χ3n) is 5.39. The van der Waals surface area contributed by atoms with Crippen molar-refractivity contribution in [2.24, 2.45) is 0 Å². The Hall–Kier alpha value is -5.06. The van der Waals surface area contributed by atoms with Crippen molar-refractivity contribution in [3.8, 4) is 5.69 Å². The lowest BCUT2D eigenvalue weighted by Crippen LogP contribution is -2.40. The number of benzene rings is 3. The van der Waals surface area contributed by atoms with Crippen molar-refractivity contribution < 1.29 is 18.5 Å². The van der Waals surface area contributed by atoms with Crippen molar-refractivity contribution in [2.45, 2.75) is 6.54 Å². The summed E-state index contributed by atoms with van der Waals surface area (Å²) in [6.07, 6.45) is 0. The van der Waals surface area contributed by atoms with Gasteiger partial charge in [0.2, 0.25) is 11.5 Å². The van der Waals surface area contributed by atoms with E-state index in [0.717, 1.165) is 21.3 Å². The molecule has 5 aromatic rings. The SMILES string of the molecule is O=C(Cn1c(=O)n(-c2ccc(F)cc2)c(=O)c2oc3ccccc3c21)Nc1cccc([N+](=O)[O-])c1. The molecule has 0 aliphatic heterocycles. The Kier molecular flexibility index (Phi) is 5.21. The lowest BCUT2D eigenvalue weighted by Gasteiger charge is -2.12. The molecule has 2 aromatic heterocycles. The van der Waals surface area contributed by atoms with Crippen LogP contribution in [-0.4, -0.2) is 20.0 Å². The molecule has 0 aliphatic carbocycles. The number of hydrogen-bond donors (Lipinski definition) is 1. The van der Waals surface area contributed by atoms with Crippen molar-refractivity contribution in [2.75, 3.05) is 5.32 Å². The number of anilines is 1. The van der Waals surface area contributed by atoms with Gasteiger partial charge in [0, 0.05) is 23.2 Å². The average molecular weight is 474 g/mol. The Morgan fingerprint density at radius 3 is 2.51 bits per heavy atom. The number of nitrogens with one attached hydrogen (secondary N) is 1. The molecule has 0 atom stereocenters. The van der Waals surface area contributed by atoms with Gasteiger partial charge in [-0.25, -0.2) is 13.8 Å². The second-order valence-electron chi connectivity index (χ2n) is 7.62. The number of fused-ring (bicyclic) bond motifs is 3. The molecule has 10 nitrogen and oxygen atoms in total. The van der Waals surface area contributed by atoms with Crippen molar-refractivity contribution in [3.05, 3.63) is 110 Å². The summed E-state index contributed by atoms with van der Waals surface area (Å²) in [7, 11) is 0. The molecular weight excluding hydrogens is 459 g/mol. The topological polar surface area (TPSA) is 129 Å². The highest BCUT2D eigenvalue weighted by Gasteiger charge is 2.22. The van der Waals surface area contributed by atoms with E-state index >= 15 is 0 Å². The molecule has 1 amide bonds. The number of hydrogen-bond acceptors (Lipinski definition) is 6. The summed E-state index contributed by atoms with van der Waals surface area (Å²) in [5.74, 6) is -1.22. The minimum atomic E-state index is -0.838. The summed E-state index contributed by atoms with van der Waals surface area (Å²) in [5.41, 5.74) is -1.25. The molecule has 0 fully saturated rings. The maximum absolute atomic E-state index is 13.5. The number of nitrogens with zero attached hydrogens (tertiary/aromatic N) is 3. The van der Waals surface area contributed by atoms with Crippen LogP contribution in [0.2, 0.25) is 0 Å². The fraction of sp³-hybridized carbons (Fsp3) is 0.0417. The first kappa shape index (κ1) is 21.8. The Bertz CT molecular complexity index is 1750. The number of nitro benzene ring substituents is 1. The van der Waals surface area contributed by atoms with Gasteiger partial charge in [0.1, 0.15) is 23.5 Å². The van der Waals surface area contributed by atoms with E-state index in [1.54, 1.807) is 24.3 Å². The van der Waals surface area contributed by atoms with E-state index in [4.69, 9.17) is 4.42 Å². The summed E-state index contributed by atoms with van der Waals surface area (Å²) in [5, 5.41) is 14.0. The summed E-state index contributed by atoms with van der Waals surface area (Å²) in [4.78, 5) is 50.0. The maximum atomic E-state index is 13.5. The molecule has 3 aromatic carbocycles. The van der Waals surface area contributed by atoms with Crippen molar-refractivity contribution >= 4 is 39.4 Å². The van der Waals surface area contributed by atoms with Gasteiger partial charge in [0.25, 0.3) is 5.69 Å². The van der Waals surface area contributed by atoms with Gasteiger partial charge in [-0.1, -0.05) is 18.2 Å². The molecule has 0 radical (unpaired) electrons. The molecule has 174 valence electrons. The molecule has 1 N–H and O–H groups in total. The van der Waals surface area contributed by atoms with Gasteiger partial charge in [0.05, 0.1) is 10.6 Å². The van der Waals surface area contributed by atoms with Gasteiger partial charge in [-0.05, 0) is 42.5 Å². The second kappa shape index (κ2) is 8.37. The van der Waals surface area contributed by atoms with E-state index in [1.165, 1.54) is 36.4 Å². The molecule has 5 rings (SSSR count). The van der Waals surface area contributed by atoms with Crippen LogP contribution >= 0.6 is 0 Å². The predicted octanol–water partition coefficient (Wildman–Crippen LogP) is 3.58. The van der Waals surface area contributed by atoms with Crippen molar-refractivity contribution in [3.63, 3.8) is 0 Å². The molecular formula is C24H15FN4O6. The normalized spacial score (nSPS) is 11.1. The fourth-order valence-corrected chi connectivity index (χ4v) is 3.86. The van der Waals surface area contributed by atoms with Crippen molar-refractivity contribution in [1.82, 2.24) is 9.13 Å². The Morgan fingerprint density at radius 1 is 1.03 bits per heavy atom. The quantitative estimate of drug-likeness (QED) is 0.306. The highest BCUT2D eigenvalue weighted by molar-refractivity contribution is 6.03. The van der Waals surface area contributed by atoms with Crippen LogP contribution in [0.5, 0.6) is 0 Å². The minimum Gasteiger partial charge on any atom is -0.449 e. The molecule has 0 spiro atoms. The zero-order chi connectivity index (χ0) is 24.7. The van der Waals surface area contributed by atoms with Gasteiger partial charge in [-0.2, -0.15) is 0 Å². The number of halogens is 1. The van der Waals surface area contributed by atoms with E-state index in [-0.39, 0.29) is 28.2 Å². The number of para-hydroxylation sites is 1. The molecule has 0 saturated heterocycles. The third-order valence-corrected chi connectivity index (χ3v) is 5.39. The van der Waals surface area contributed by atoms with Crippen LogP contribution in [0.15, 0.2) is 86.8 Å². The van der Waals surface area contributed by atoms with E-state index < -0.39 is 34.4 Å². The molecule has 35 heavy (non-hydrogen) atoms. The van der Waals surface area contributed by atoms with E-state index in [0.29, 0.717) is 11.0 Å². The van der Waals surface area contributed by atoms with Gasteiger partial charge >= 0.3 is 11.2 Å². The van der Waals surface area contributed by atoms with Crippen LogP contribution in [0.25, 0.3) is 27.8 Å². The van der Waals surface area contributed by atoms with Gasteiger partial charge in [-0.15, -0.1) is 0 Å². The molecule has 2 heterocycles. The first-order valence-electron chi connectivity index (χ1n) is 10.3. The van der Waals surface area contributed by atoms with Crippen LogP contribution in [0.3, 0.4) is 0 Å². The number of carbonyl (C=O) groups excluding carboxylic acids is 1. The van der Waals surface area contributed by atoms with Crippen LogP contribution in [0, 0.1) is 15.9 Å². The second-order valence-corrected chi connectivity index (χ2v) is 7.62. The van der Waals surface area contributed by atoms with Gasteiger partial charge in [-0.3, -0.25) is 24.3 Å². The molecule has 11 heteroatoms. The zero-order valence-corrected chi connectivity index (χ0v) is 17.8. The van der Waals surface area contributed by atoms with E-state index in [1.807, 2.05) is 0 Å². The first-order chi connectivity index (χ1) is 16.8. The standard InChI is InChI=1S/C24H15FN4O6/c25-14-8-10-16(11-9-14)28-23(31)22-21(18-6-1-2-7-19(18)35-22)27(24(28)32)13-20(30)26-15-4-3-5-17(12-15)29(33)34/h1-12H,13H2,(H,26,30). The molecule has 0 aliphatic rings. The molecule has 0 bridgehead atoms. The Labute approximate surface area is 194 Å². The van der Waals surface area contributed by atoms with Crippen LogP contribution < -0.4 is 16.6 Å². The predicted molar refractivity (Wildman–Crippen MR) is 125 cm³/mol. The highest BCUT2D eigenvalue weighted by Crippen LogP contribution is 2.26. The number of carbonyl (C=O) groups is 1. The number of rotatable bonds is 5. The summed E-state index contributed by atoms with van der Waals surface area (Å²) < 4.78 is 21.1. The first-order valence-corrected chi connectivity index (χ1v) is 10.3. The van der Waals surface area contributed by atoms with Gasteiger partial charge in [0.15, 0.2) is 0 Å². The number of amides is 1. The fourth-order valence-electron chi connectivity index (χ4n) is 3.86. The Balaban J connectivity index is 1.67. The summed E-state index contributed by atoms with van der Waals surface area (Å²) in [6, 6.07) is 16.7. The van der Waals surface area contributed by atoms with E-state index in [2.05, 4.69) is 5.32 Å². The number of nitro groups is 1. The van der Waals surface area contributed by atoms with Crippen LogP contribution in [0.1, 0.15) is 0 Å². The average Bonchev–Trinajstić information content (AvgIpc) is 3.23. The van der Waals surface area contributed by atoms with Crippen molar-refractivity contribution in [1.29, 1.82) is 0 Å². The summed E-state index contributed by atoms with van der Waals surface area (Å²) in [6.45, 7) is -0.525.